The second-order valence-electron chi connectivity index (χ2n) is 6.29. The molecule has 0 amide bonds. The van der Waals surface area contributed by atoms with E-state index in [0.29, 0.717) is 5.02 Å². The molecule has 1 saturated heterocycles. The van der Waals surface area contributed by atoms with Gasteiger partial charge in [-0.25, -0.2) is 0 Å². The van der Waals surface area contributed by atoms with E-state index >= 15 is 0 Å². The standard InChI is InChI=1S/C22H18Cl2N4/c23-19-8-6-18(7-9-19)21(10-5-17(15-25)16-26)27-11-13-28(14-12-27)22-4-2-1-3-20(22)24/h1-10H,11-14H2/b21-10-. The van der Waals surface area contributed by atoms with E-state index in [9.17, 15) is 0 Å². The van der Waals surface area contributed by atoms with Crippen LogP contribution in [0.5, 0.6) is 0 Å². The highest BCUT2D eigenvalue weighted by Crippen LogP contribution is 2.28. The number of rotatable bonds is 4. The minimum Gasteiger partial charge on any atom is -0.368 e. The molecule has 1 fully saturated rings. The zero-order valence-electron chi connectivity index (χ0n) is 15.1. The smallest absolute Gasteiger partial charge is 0.129 e. The van der Waals surface area contributed by atoms with Gasteiger partial charge in [0.2, 0.25) is 0 Å². The molecule has 6 heteroatoms. The number of benzene rings is 2. The Morgan fingerprint density at radius 2 is 1.50 bits per heavy atom. The molecule has 0 bridgehead atoms. The molecule has 2 aromatic rings. The first-order valence-corrected chi connectivity index (χ1v) is 9.60. The highest BCUT2D eigenvalue weighted by molar-refractivity contribution is 6.33. The summed E-state index contributed by atoms with van der Waals surface area (Å²) in [5.74, 6) is 0. The Morgan fingerprint density at radius 3 is 2.11 bits per heavy atom. The quantitative estimate of drug-likeness (QED) is 0.519. The summed E-state index contributed by atoms with van der Waals surface area (Å²) < 4.78 is 0. The van der Waals surface area contributed by atoms with Crippen molar-refractivity contribution in [2.24, 2.45) is 0 Å². The van der Waals surface area contributed by atoms with Gasteiger partial charge in [-0.1, -0.05) is 47.5 Å². The monoisotopic (exact) mass is 408 g/mol. The normalized spacial score (nSPS) is 14.2. The van der Waals surface area contributed by atoms with Gasteiger partial charge in [-0.05, 0) is 42.0 Å². The van der Waals surface area contributed by atoms with Crippen LogP contribution < -0.4 is 4.90 Å². The Labute approximate surface area is 175 Å². The number of anilines is 1. The number of nitrogens with zero attached hydrogens (tertiary/aromatic N) is 4. The summed E-state index contributed by atoms with van der Waals surface area (Å²) in [4.78, 5) is 4.52. The van der Waals surface area contributed by atoms with Gasteiger partial charge in [0.15, 0.2) is 0 Å². The molecule has 0 aliphatic carbocycles. The number of halogens is 2. The highest BCUT2D eigenvalue weighted by Gasteiger charge is 2.21. The molecule has 2 aromatic carbocycles. The number of para-hydroxylation sites is 1. The number of hydrogen-bond donors (Lipinski definition) is 0. The SMILES string of the molecule is N#CC(C#N)=C/C=C(/c1ccc(Cl)cc1)N1CCN(c2ccccc2Cl)CC1. The maximum atomic E-state index is 9.02. The van der Waals surface area contributed by atoms with Crippen molar-refractivity contribution in [1.29, 1.82) is 10.5 Å². The van der Waals surface area contributed by atoms with Crippen molar-refractivity contribution in [3.63, 3.8) is 0 Å². The Bertz CT molecular complexity index is 957. The third-order valence-corrected chi connectivity index (χ3v) is 5.17. The third-order valence-electron chi connectivity index (χ3n) is 4.60. The second-order valence-corrected chi connectivity index (χ2v) is 7.13. The van der Waals surface area contributed by atoms with E-state index < -0.39 is 0 Å². The van der Waals surface area contributed by atoms with Crippen LogP contribution in [0.25, 0.3) is 5.70 Å². The summed E-state index contributed by atoms with van der Waals surface area (Å²) in [6.07, 6.45) is 3.39. The van der Waals surface area contributed by atoms with E-state index in [0.717, 1.165) is 48.1 Å². The predicted octanol–water partition coefficient (Wildman–Crippen LogP) is 5.13. The maximum absolute atomic E-state index is 9.02. The van der Waals surface area contributed by atoms with Crippen LogP contribution in [-0.4, -0.2) is 31.1 Å². The summed E-state index contributed by atoms with van der Waals surface area (Å²) in [5, 5.41) is 19.5. The number of nitriles is 2. The Morgan fingerprint density at radius 1 is 0.857 bits per heavy atom. The average molecular weight is 409 g/mol. The fraction of sp³-hybridized carbons (Fsp3) is 0.182. The van der Waals surface area contributed by atoms with Crippen molar-refractivity contribution in [2.45, 2.75) is 0 Å². The summed E-state index contributed by atoms with van der Waals surface area (Å²) >= 11 is 12.4. The average Bonchev–Trinajstić information content (AvgIpc) is 2.73. The van der Waals surface area contributed by atoms with Crippen LogP contribution in [0.1, 0.15) is 5.56 Å². The number of piperazine rings is 1. The van der Waals surface area contributed by atoms with Crippen molar-refractivity contribution < 1.29 is 0 Å². The number of allylic oxidation sites excluding steroid dienone is 3. The van der Waals surface area contributed by atoms with E-state index in [1.807, 2.05) is 66.7 Å². The van der Waals surface area contributed by atoms with Crippen LogP contribution in [0.4, 0.5) is 5.69 Å². The van der Waals surface area contributed by atoms with Gasteiger partial charge in [0.25, 0.3) is 0 Å². The van der Waals surface area contributed by atoms with E-state index in [2.05, 4.69) is 9.80 Å². The van der Waals surface area contributed by atoms with E-state index in [-0.39, 0.29) is 5.57 Å². The van der Waals surface area contributed by atoms with Crippen molar-refractivity contribution in [1.82, 2.24) is 4.90 Å². The molecule has 0 saturated carbocycles. The van der Waals surface area contributed by atoms with Crippen LogP contribution in [0.2, 0.25) is 10.0 Å². The van der Waals surface area contributed by atoms with Gasteiger partial charge in [0, 0.05) is 36.9 Å². The molecule has 4 nitrogen and oxygen atoms in total. The van der Waals surface area contributed by atoms with E-state index in [1.165, 1.54) is 0 Å². The topological polar surface area (TPSA) is 54.1 Å². The van der Waals surface area contributed by atoms with Crippen LogP contribution in [-0.2, 0) is 0 Å². The molecule has 140 valence electrons. The van der Waals surface area contributed by atoms with Gasteiger partial charge < -0.3 is 9.80 Å². The van der Waals surface area contributed by atoms with Gasteiger partial charge in [0.05, 0.1) is 10.7 Å². The van der Waals surface area contributed by atoms with Gasteiger partial charge in [-0.15, -0.1) is 0 Å². The summed E-state index contributed by atoms with van der Waals surface area (Å²) in [7, 11) is 0. The molecule has 0 N–H and O–H groups in total. The first-order valence-electron chi connectivity index (χ1n) is 8.85. The van der Waals surface area contributed by atoms with E-state index in [4.69, 9.17) is 33.7 Å². The lowest BCUT2D eigenvalue weighted by Crippen LogP contribution is -2.45. The summed E-state index contributed by atoms with van der Waals surface area (Å²) in [6.45, 7) is 3.23. The molecule has 0 atom stereocenters. The van der Waals surface area contributed by atoms with Crippen LogP contribution in [0.15, 0.2) is 66.3 Å². The lowest BCUT2D eigenvalue weighted by atomic mass is 10.1. The Kier molecular flexibility index (Phi) is 6.61. The van der Waals surface area contributed by atoms with Crippen molar-refractivity contribution in [3.8, 4) is 12.1 Å². The van der Waals surface area contributed by atoms with Crippen molar-refractivity contribution in [3.05, 3.63) is 81.9 Å². The molecule has 3 rings (SSSR count). The molecule has 28 heavy (non-hydrogen) atoms. The molecule has 0 unspecified atom stereocenters. The molecule has 0 spiro atoms. The molecule has 1 heterocycles. The first-order chi connectivity index (χ1) is 13.6. The molecule has 0 radical (unpaired) electrons. The fourth-order valence-corrected chi connectivity index (χ4v) is 3.54. The Balaban J connectivity index is 1.84. The Hall–Kier alpha value is -2.92. The second kappa shape index (κ2) is 9.33. The molecular formula is C22H18Cl2N4. The van der Waals surface area contributed by atoms with Crippen molar-refractivity contribution in [2.75, 3.05) is 31.1 Å². The van der Waals surface area contributed by atoms with Crippen LogP contribution in [0, 0.1) is 22.7 Å². The molecular weight excluding hydrogens is 391 g/mol. The highest BCUT2D eigenvalue weighted by atomic mass is 35.5. The fourth-order valence-electron chi connectivity index (χ4n) is 3.16. The summed E-state index contributed by atoms with van der Waals surface area (Å²) in [6, 6.07) is 19.2. The minimum atomic E-state index is 0.0705. The van der Waals surface area contributed by atoms with Crippen molar-refractivity contribution >= 4 is 34.6 Å². The predicted molar refractivity (Wildman–Crippen MR) is 114 cm³/mol. The minimum absolute atomic E-state index is 0.0705. The third kappa shape index (κ3) is 4.67. The first kappa shape index (κ1) is 19.8. The molecule has 1 aliphatic rings. The lowest BCUT2D eigenvalue weighted by molar-refractivity contribution is 0.367. The zero-order chi connectivity index (χ0) is 19.9. The van der Waals surface area contributed by atoms with Gasteiger partial charge in [0.1, 0.15) is 17.7 Å². The zero-order valence-corrected chi connectivity index (χ0v) is 16.7. The van der Waals surface area contributed by atoms with Gasteiger partial charge in [-0.3, -0.25) is 0 Å². The van der Waals surface area contributed by atoms with E-state index in [1.54, 1.807) is 6.08 Å². The van der Waals surface area contributed by atoms with Crippen LogP contribution >= 0.6 is 23.2 Å². The maximum Gasteiger partial charge on any atom is 0.129 e. The summed E-state index contributed by atoms with van der Waals surface area (Å²) in [5.41, 5.74) is 3.05. The van der Waals surface area contributed by atoms with Gasteiger partial charge >= 0.3 is 0 Å². The molecule has 0 aromatic heterocycles. The largest absolute Gasteiger partial charge is 0.368 e. The van der Waals surface area contributed by atoms with Gasteiger partial charge in [-0.2, -0.15) is 10.5 Å². The lowest BCUT2D eigenvalue weighted by Gasteiger charge is -2.39. The number of hydrogen-bond acceptors (Lipinski definition) is 4. The van der Waals surface area contributed by atoms with Crippen LogP contribution in [0.3, 0.4) is 0 Å². The molecule has 1 aliphatic heterocycles.